The third-order valence-electron chi connectivity index (χ3n) is 5.26. The number of hydrogen-bond donors (Lipinski definition) is 3. The van der Waals surface area contributed by atoms with Crippen LogP contribution in [0.15, 0.2) is 36.4 Å². The van der Waals surface area contributed by atoms with Crippen LogP contribution in [0.3, 0.4) is 0 Å². The highest BCUT2D eigenvalue weighted by Gasteiger charge is 2.29. The highest BCUT2D eigenvalue weighted by molar-refractivity contribution is 5.98. The van der Waals surface area contributed by atoms with Gasteiger partial charge in [0.05, 0.1) is 0 Å². The Kier molecular flexibility index (Phi) is 5.23. The minimum atomic E-state index is -4.47. The summed E-state index contributed by atoms with van der Waals surface area (Å²) in [6.45, 7) is -0.330. The van der Waals surface area contributed by atoms with Crippen molar-refractivity contribution in [1.82, 2.24) is 25.4 Å². The molecule has 1 saturated heterocycles. The number of rotatable bonds is 4. The molecule has 0 saturated carbocycles. The summed E-state index contributed by atoms with van der Waals surface area (Å²) in [5.41, 5.74) is 2.06. The summed E-state index contributed by atoms with van der Waals surface area (Å²) in [5, 5.41) is 9.35. The third-order valence-corrected chi connectivity index (χ3v) is 5.26. The van der Waals surface area contributed by atoms with E-state index in [9.17, 15) is 22.8 Å². The summed E-state index contributed by atoms with van der Waals surface area (Å²) in [6.07, 6.45) is -3.14. The highest BCUT2D eigenvalue weighted by atomic mass is 19.4. The molecular formula is C20H20F3N5O2. The molecule has 1 aromatic carbocycles. The predicted molar refractivity (Wildman–Crippen MR) is 103 cm³/mol. The van der Waals surface area contributed by atoms with Crippen molar-refractivity contribution in [3.8, 4) is 0 Å². The lowest BCUT2D eigenvalue weighted by atomic mass is 9.93. The zero-order chi connectivity index (χ0) is 21.3. The number of carbonyl (C=O) groups is 2. The number of benzene rings is 1. The van der Waals surface area contributed by atoms with Crippen LogP contribution in [0.4, 0.5) is 13.2 Å². The lowest BCUT2D eigenvalue weighted by Gasteiger charge is -2.31. The van der Waals surface area contributed by atoms with Gasteiger partial charge in [0.2, 0.25) is 0 Å². The summed E-state index contributed by atoms with van der Waals surface area (Å²) >= 11 is 0. The topological polar surface area (TPSA) is 93.9 Å². The second-order valence-electron chi connectivity index (χ2n) is 7.34. The Hall–Kier alpha value is -3.30. The van der Waals surface area contributed by atoms with Crippen LogP contribution in [0.2, 0.25) is 0 Å². The normalized spacial score (nSPS) is 15.5. The van der Waals surface area contributed by atoms with Gasteiger partial charge in [-0.1, -0.05) is 18.2 Å². The van der Waals surface area contributed by atoms with Crippen molar-refractivity contribution in [1.29, 1.82) is 0 Å². The van der Waals surface area contributed by atoms with Gasteiger partial charge in [0.15, 0.2) is 0 Å². The van der Waals surface area contributed by atoms with E-state index in [2.05, 4.69) is 15.2 Å². The highest BCUT2D eigenvalue weighted by Crippen LogP contribution is 2.28. The molecule has 4 rings (SSSR count). The largest absolute Gasteiger partial charge is 0.405 e. The molecule has 3 aromatic rings. The van der Waals surface area contributed by atoms with Gasteiger partial charge in [0, 0.05) is 35.6 Å². The number of halogens is 3. The van der Waals surface area contributed by atoms with Gasteiger partial charge in [-0.25, -0.2) is 0 Å². The molecular weight excluding hydrogens is 399 g/mol. The first-order valence-electron chi connectivity index (χ1n) is 9.57. The summed E-state index contributed by atoms with van der Waals surface area (Å²) in [6, 6.07) is 11.0. The molecule has 1 fully saturated rings. The first-order chi connectivity index (χ1) is 14.3. The minimum Gasteiger partial charge on any atom is -0.351 e. The number of carbonyl (C=O) groups excluding carboxylic acids is 2. The first kappa shape index (κ1) is 20.0. The van der Waals surface area contributed by atoms with Crippen LogP contribution in [0.1, 0.15) is 45.4 Å². The van der Waals surface area contributed by atoms with E-state index in [-0.39, 0.29) is 17.5 Å². The van der Waals surface area contributed by atoms with E-state index in [1.54, 1.807) is 10.2 Å². The zero-order valence-electron chi connectivity index (χ0n) is 15.9. The number of amides is 2. The van der Waals surface area contributed by atoms with Gasteiger partial charge in [-0.2, -0.15) is 18.3 Å². The fraction of sp³-hybridized carbons (Fsp3) is 0.350. The number of para-hydroxylation sites is 1. The molecule has 0 bridgehead atoms. The smallest absolute Gasteiger partial charge is 0.351 e. The van der Waals surface area contributed by atoms with Crippen LogP contribution in [0.25, 0.3) is 10.9 Å². The van der Waals surface area contributed by atoms with Crippen LogP contribution < -0.4 is 5.32 Å². The number of H-pyrrole nitrogens is 2. The number of nitrogens with one attached hydrogen (secondary N) is 3. The van der Waals surface area contributed by atoms with Crippen LogP contribution in [-0.4, -0.2) is 57.7 Å². The van der Waals surface area contributed by atoms with Gasteiger partial charge in [0.25, 0.3) is 11.8 Å². The standard InChI is InChI=1S/C20H20F3N5O2/c21-20(22,23)11-24-18(29)16-10-15(26-27-16)12-5-7-28(8-6-12)19(30)17-9-13-3-1-2-4-14(13)25-17/h1-4,9-10,12,25H,5-8,11H2,(H,24,29)(H,26,27). The number of hydrogen-bond acceptors (Lipinski definition) is 3. The third kappa shape index (κ3) is 4.32. The van der Waals surface area contributed by atoms with Gasteiger partial charge >= 0.3 is 6.18 Å². The molecule has 10 heteroatoms. The first-order valence-corrected chi connectivity index (χ1v) is 9.57. The van der Waals surface area contributed by atoms with E-state index in [1.807, 2.05) is 30.3 Å². The predicted octanol–water partition coefficient (Wildman–Crippen LogP) is 3.20. The molecule has 2 aromatic heterocycles. The molecule has 2 amide bonds. The van der Waals surface area contributed by atoms with E-state index in [0.29, 0.717) is 37.3 Å². The Morgan fingerprint density at radius 2 is 1.90 bits per heavy atom. The molecule has 0 unspecified atom stereocenters. The van der Waals surface area contributed by atoms with Crippen molar-refractivity contribution in [2.24, 2.45) is 0 Å². The van der Waals surface area contributed by atoms with E-state index in [1.165, 1.54) is 6.07 Å². The van der Waals surface area contributed by atoms with E-state index in [4.69, 9.17) is 0 Å². The van der Waals surface area contributed by atoms with E-state index in [0.717, 1.165) is 10.9 Å². The van der Waals surface area contributed by atoms with Crippen LogP contribution in [-0.2, 0) is 0 Å². The van der Waals surface area contributed by atoms with Crippen molar-refractivity contribution in [2.75, 3.05) is 19.6 Å². The van der Waals surface area contributed by atoms with Crippen molar-refractivity contribution < 1.29 is 22.8 Å². The fourth-order valence-electron chi connectivity index (χ4n) is 3.69. The molecule has 0 radical (unpaired) electrons. The van der Waals surface area contributed by atoms with Gasteiger partial charge in [-0.05, 0) is 31.0 Å². The lowest BCUT2D eigenvalue weighted by Crippen LogP contribution is -2.38. The minimum absolute atomic E-state index is 0.0495. The molecule has 0 atom stereocenters. The molecule has 3 N–H and O–H groups in total. The second-order valence-corrected chi connectivity index (χ2v) is 7.34. The van der Waals surface area contributed by atoms with Gasteiger partial charge < -0.3 is 15.2 Å². The Morgan fingerprint density at radius 3 is 2.60 bits per heavy atom. The summed E-state index contributed by atoms with van der Waals surface area (Å²) in [7, 11) is 0. The average Bonchev–Trinajstić information content (AvgIpc) is 3.38. The maximum atomic E-state index is 12.8. The van der Waals surface area contributed by atoms with Crippen molar-refractivity contribution >= 4 is 22.7 Å². The Labute approximate surface area is 169 Å². The maximum Gasteiger partial charge on any atom is 0.405 e. The number of fused-ring (bicyclic) bond motifs is 1. The molecule has 7 nitrogen and oxygen atoms in total. The summed E-state index contributed by atoms with van der Waals surface area (Å²) < 4.78 is 36.7. The molecule has 30 heavy (non-hydrogen) atoms. The zero-order valence-corrected chi connectivity index (χ0v) is 15.9. The molecule has 0 aliphatic carbocycles. The van der Waals surface area contributed by atoms with Gasteiger partial charge in [0.1, 0.15) is 17.9 Å². The number of piperidine rings is 1. The summed E-state index contributed by atoms with van der Waals surface area (Å²) in [5.74, 6) is -0.892. The second kappa shape index (κ2) is 7.85. The number of nitrogens with zero attached hydrogens (tertiary/aromatic N) is 2. The molecule has 0 spiro atoms. The number of aromatic nitrogens is 3. The van der Waals surface area contributed by atoms with Crippen LogP contribution >= 0.6 is 0 Å². The lowest BCUT2D eigenvalue weighted by molar-refractivity contribution is -0.123. The number of aromatic amines is 2. The molecule has 1 aliphatic rings. The van der Waals surface area contributed by atoms with Crippen molar-refractivity contribution in [3.63, 3.8) is 0 Å². The van der Waals surface area contributed by atoms with Gasteiger partial charge in [-0.15, -0.1) is 0 Å². The fourth-order valence-corrected chi connectivity index (χ4v) is 3.69. The summed E-state index contributed by atoms with van der Waals surface area (Å²) in [4.78, 5) is 29.5. The molecule has 1 aliphatic heterocycles. The monoisotopic (exact) mass is 419 g/mol. The van der Waals surface area contributed by atoms with Crippen LogP contribution in [0, 0.1) is 0 Å². The number of likely N-dealkylation sites (tertiary alicyclic amines) is 1. The molecule has 158 valence electrons. The molecule has 3 heterocycles. The average molecular weight is 419 g/mol. The SMILES string of the molecule is O=C(NCC(F)(F)F)c1cc(C2CCN(C(=O)c3cc4ccccc4[nH]3)CC2)[nH]n1. The van der Waals surface area contributed by atoms with E-state index < -0.39 is 18.6 Å². The van der Waals surface area contributed by atoms with Crippen LogP contribution in [0.5, 0.6) is 0 Å². The Bertz CT molecular complexity index is 1030. The van der Waals surface area contributed by atoms with E-state index >= 15 is 0 Å². The Morgan fingerprint density at radius 1 is 1.17 bits per heavy atom. The quantitative estimate of drug-likeness (QED) is 0.606. The van der Waals surface area contributed by atoms with Crippen molar-refractivity contribution in [3.05, 3.63) is 53.5 Å². The maximum absolute atomic E-state index is 12.8. The Balaban J connectivity index is 1.35. The van der Waals surface area contributed by atoms with Gasteiger partial charge in [-0.3, -0.25) is 14.7 Å². The number of alkyl halides is 3. The van der Waals surface area contributed by atoms with Crippen molar-refractivity contribution in [2.45, 2.75) is 24.9 Å².